The zero-order valence-electron chi connectivity index (χ0n) is 18.7. The highest BCUT2D eigenvalue weighted by Crippen LogP contribution is 2.24. The van der Waals surface area contributed by atoms with Crippen LogP contribution < -0.4 is 10.6 Å². The third-order valence-electron chi connectivity index (χ3n) is 5.91. The number of rotatable bonds is 13. The van der Waals surface area contributed by atoms with E-state index in [-0.39, 0.29) is 0 Å². The van der Waals surface area contributed by atoms with E-state index < -0.39 is 0 Å². The molecule has 0 saturated carbocycles. The minimum atomic E-state index is 0.351. The van der Waals surface area contributed by atoms with Gasteiger partial charge in [-0.25, -0.2) is 0 Å². The Balaban J connectivity index is 1.85. The standard InChI is InChI=1S/C26H41N3/c1-6-24-16-15-23(13-11-9-8-10-12-18-27-7-2)19-25(24)20-29(5)26-17-14-21(3)28-22(26)4/h6,15-16,19,26-28H,1,3-4,7-14,17-18,20H2,2,5H3. The molecule has 1 fully saturated rings. The first-order valence-electron chi connectivity index (χ1n) is 11.3. The Morgan fingerprint density at radius 1 is 1.17 bits per heavy atom. The molecule has 2 N–H and O–H groups in total. The summed E-state index contributed by atoms with van der Waals surface area (Å²) >= 11 is 0. The van der Waals surface area contributed by atoms with Gasteiger partial charge in [-0.1, -0.05) is 70.2 Å². The van der Waals surface area contributed by atoms with Crippen LogP contribution in [0.5, 0.6) is 0 Å². The Bertz CT molecular complexity index is 677. The lowest BCUT2D eigenvalue weighted by Gasteiger charge is -2.35. The lowest BCUT2D eigenvalue weighted by atomic mass is 9.97. The van der Waals surface area contributed by atoms with Crippen molar-refractivity contribution in [1.29, 1.82) is 0 Å². The molecule has 0 aliphatic carbocycles. The third-order valence-corrected chi connectivity index (χ3v) is 5.91. The second-order valence-corrected chi connectivity index (χ2v) is 8.33. The summed E-state index contributed by atoms with van der Waals surface area (Å²) in [6.07, 6.45) is 11.8. The van der Waals surface area contributed by atoms with E-state index in [2.05, 4.69) is 67.4 Å². The summed E-state index contributed by atoms with van der Waals surface area (Å²) < 4.78 is 0. The van der Waals surface area contributed by atoms with Gasteiger partial charge in [-0.05, 0) is 68.9 Å². The molecule has 29 heavy (non-hydrogen) atoms. The van der Waals surface area contributed by atoms with Gasteiger partial charge in [-0.2, -0.15) is 0 Å². The van der Waals surface area contributed by atoms with Crippen LogP contribution in [0.2, 0.25) is 0 Å². The number of nitrogens with zero attached hydrogens (tertiary/aromatic N) is 1. The first-order chi connectivity index (χ1) is 14.0. The van der Waals surface area contributed by atoms with Crippen LogP contribution in [0.15, 0.2) is 49.3 Å². The fourth-order valence-electron chi connectivity index (χ4n) is 4.16. The summed E-state index contributed by atoms with van der Waals surface area (Å²) in [5.74, 6) is 0. The maximum Gasteiger partial charge on any atom is 0.0496 e. The first kappa shape index (κ1) is 23.4. The van der Waals surface area contributed by atoms with Crippen molar-refractivity contribution in [2.75, 3.05) is 20.1 Å². The van der Waals surface area contributed by atoms with Crippen LogP contribution in [0.4, 0.5) is 0 Å². The molecular formula is C26H41N3. The molecule has 1 aromatic carbocycles. The Labute approximate surface area is 179 Å². The van der Waals surface area contributed by atoms with Crippen molar-refractivity contribution in [3.63, 3.8) is 0 Å². The van der Waals surface area contributed by atoms with Crippen molar-refractivity contribution >= 4 is 6.08 Å². The van der Waals surface area contributed by atoms with Gasteiger partial charge in [-0.3, -0.25) is 4.90 Å². The second kappa shape index (κ2) is 12.7. The number of likely N-dealkylation sites (N-methyl/N-ethyl adjacent to an activating group) is 1. The van der Waals surface area contributed by atoms with Crippen molar-refractivity contribution in [3.8, 4) is 0 Å². The molecular weight excluding hydrogens is 354 g/mol. The predicted octanol–water partition coefficient (Wildman–Crippen LogP) is 5.64. The number of unbranched alkanes of at least 4 members (excludes halogenated alkanes) is 4. The van der Waals surface area contributed by atoms with Crippen LogP contribution in [0.1, 0.15) is 68.6 Å². The molecule has 0 spiro atoms. The van der Waals surface area contributed by atoms with Gasteiger partial charge in [0.2, 0.25) is 0 Å². The number of hydrogen-bond donors (Lipinski definition) is 2. The number of hydrogen-bond acceptors (Lipinski definition) is 3. The predicted molar refractivity (Wildman–Crippen MR) is 128 cm³/mol. The topological polar surface area (TPSA) is 27.3 Å². The van der Waals surface area contributed by atoms with E-state index in [1.807, 2.05) is 6.08 Å². The Hall–Kier alpha value is -1.84. The van der Waals surface area contributed by atoms with E-state index >= 15 is 0 Å². The number of benzene rings is 1. The molecule has 0 aromatic heterocycles. The number of nitrogens with one attached hydrogen (secondary N) is 2. The molecule has 1 atom stereocenters. The van der Waals surface area contributed by atoms with Gasteiger partial charge >= 0.3 is 0 Å². The van der Waals surface area contributed by atoms with Crippen molar-refractivity contribution in [3.05, 3.63) is 66.0 Å². The van der Waals surface area contributed by atoms with E-state index in [1.54, 1.807) is 0 Å². The molecule has 1 saturated heterocycles. The number of allylic oxidation sites excluding steroid dienone is 1. The fourth-order valence-corrected chi connectivity index (χ4v) is 4.16. The Morgan fingerprint density at radius 2 is 1.93 bits per heavy atom. The highest BCUT2D eigenvalue weighted by Gasteiger charge is 2.23. The molecule has 1 heterocycles. The minimum absolute atomic E-state index is 0.351. The summed E-state index contributed by atoms with van der Waals surface area (Å²) in [7, 11) is 2.19. The molecule has 0 amide bonds. The zero-order chi connectivity index (χ0) is 21.1. The van der Waals surface area contributed by atoms with Gasteiger partial charge in [0.1, 0.15) is 0 Å². The molecule has 3 nitrogen and oxygen atoms in total. The van der Waals surface area contributed by atoms with Crippen LogP contribution in [0.3, 0.4) is 0 Å². The van der Waals surface area contributed by atoms with Crippen LogP contribution in [0.25, 0.3) is 6.08 Å². The smallest absolute Gasteiger partial charge is 0.0496 e. The maximum atomic E-state index is 4.21. The monoisotopic (exact) mass is 395 g/mol. The summed E-state index contributed by atoms with van der Waals surface area (Å²) in [4.78, 5) is 2.40. The van der Waals surface area contributed by atoms with E-state index in [9.17, 15) is 0 Å². The lowest BCUT2D eigenvalue weighted by Crippen LogP contribution is -2.40. The number of piperidine rings is 1. The van der Waals surface area contributed by atoms with Gasteiger partial charge in [0.25, 0.3) is 0 Å². The molecule has 1 aliphatic rings. The molecule has 3 heteroatoms. The summed E-state index contributed by atoms with van der Waals surface area (Å²) in [6, 6.07) is 7.24. The number of aryl methyl sites for hydroxylation is 1. The van der Waals surface area contributed by atoms with Crippen molar-refractivity contribution < 1.29 is 0 Å². The van der Waals surface area contributed by atoms with Gasteiger partial charge in [0.15, 0.2) is 0 Å². The zero-order valence-corrected chi connectivity index (χ0v) is 18.7. The lowest BCUT2D eigenvalue weighted by molar-refractivity contribution is 0.235. The van der Waals surface area contributed by atoms with Gasteiger partial charge in [-0.15, -0.1) is 0 Å². The summed E-state index contributed by atoms with van der Waals surface area (Å²) in [5.41, 5.74) is 6.19. The SMILES string of the molecule is C=Cc1ccc(CCCCCCCNCC)cc1CN(C)C1CCC(=C)NC1=C. The van der Waals surface area contributed by atoms with Crippen LogP contribution >= 0.6 is 0 Å². The first-order valence-corrected chi connectivity index (χ1v) is 11.3. The van der Waals surface area contributed by atoms with E-state index in [4.69, 9.17) is 0 Å². The largest absolute Gasteiger partial charge is 0.362 e. The van der Waals surface area contributed by atoms with Crippen LogP contribution in [-0.4, -0.2) is 31.1 Å². The molecule has 0 bridgehead atoms. The van der Waals surface area contributed by atoms with E-state index in [0.29, 0.717) is 6.04 Å². The molecule has 1 aliphatic heterocycles. The molecule has 160 valence electrons. The molecule has 2 rings (SSSR count). The Morgan fingerprint density at radius 3 is 2.66 bits per heavy atom. The quantitative estimate of drug-likeness (QED) is 0.423. The molecule has 1 aromatic rings. The fraction of sp³-hybridized carbons (Fsp3) is 0.538. The van der Waals surface area contributed by atoms with E-state index in [0.717, 1.165) is 43.9 Å². The van der Waals surface area contributed by atoms with Gasteiger partial charge < -0.3 is 10.6 Å². The molecule has 1 unspecified atom stereocenters. The average molecular weight is 396 g/mol. The van der Waals surface area contributed by atoms with Crippen LogP contribution in [0, 0.1) is 0 Å². The van der Waals surface area contributed by atoms with Gasteiger partial charge in [0, 0.05) is 24.0 Å². The summed E-state index contributed by atoms with van der Waals surface area (Å²) in [6.45, 7) is 17.6. The van der Waals surface area contributed by atoms with Crippen LogP contribution in [-0.2, 0) is 13.0 Å². The third kappa shape index (κ3) is 7.83. The Kier molecular flexibility index (Phi) is 10.2. The van der Waals surface area contributed by atoms with Crippen molar-refractivity contribution in [1.82, 2.24) is 15.5 Å². The van der Waals surface area contributed by atoms with Crippen molar-refractivity contribution in [2.24, 2.45) is 0 Å². The highest BCUT2D eigenvalue weighted by atomic mass is 15.2. The highest BCUT2D eigenvalue weighted by molar-refractivity contribution is 5.53. The maximum absolute atomic E-state index is 4.21. The minimum Gasteiger partial charge on any atom is -0.362 e. The second-order valence-electron chi connectivity index (χ2n) is 8.33. The summed E-state index contributed by atoms with van der Waals surface area (Å²) in [5, 5.41) is 6.74. The molecule has 0 radical (unpaired) electrons. The van der Waals surface area contributed by atoms with Crippen molar-refractivity contribution in [2.45, 2.75) is 70.9 Å². The van der Waals surface area contributed by atoms with Gasteiger partial charge in [0.05, 0.1) is 0 Å². The van der Waals surface area contributed by atoms with E-state index in [1.165, 1.54) is 55.2 Å². The normalized spacial score (nSPS) is 16.9. The average Bonchev–Trinajstić information content (AvgIpc) is 2.70.